The van der Waals surface area contributed by atoms with Crippen LogP contribution in [0, 0.1) is 13.8 Å². The summed E-state index contributed by atoms with van der Waals surface area (Å²) in [6, 6.07) is 6.22. The zero-order valence-electron chi connectivity index (χ0n) is 8.66. The van der Waals surface area contributed by atoms with Gasteiger partial charge in [0.25, 0.3) is 0 Å². The molecule has 3 nitrogen and oxygen atoms in total. The van der Waals surface area contributed by atoms with Crippen molar-refractivity contribution >= 4 is 21.7 Å². The van der Waals surface area contributed by atoms with E-state index < -0.39 is 0 Å². The third-order valence-corrected chi connectivity index (χ3v) is 2.96. The van der Waals surface area contributed by atoms with Crippen LogP contribution < -0.4 is 5.73 Å². The molecule has 0 fully saturated rings. The van der Waals surface area contributed by atoms with Crippen LogP contribution in [0.15, 0.2) is 28.9 Å². The molecule has 15 heavy (non-hydrogen) atoms. The summed E-state index contributed by atoms with van der Waals surface area (Å²) in [7, 11) is 0. The van der Waals surface area contributed by atoms with Crippen LogP contribution >= 0.6 is 15.9 Å². The SMILES string of the molecule is Cc1ccc(C)c(-n2ncc(Br)c2N)c1. The molecule has 0 unspecified atom stereocenters. The van der Waals surface area contributed by atoms with Gasteiger partial charge in [-0.2, -0.15) is 5.10 Å². The standard InChI is InChI=1S/C11H12BrN3/c1-7-3-4-8(2)10(5-7)15-11(13)9(12)6-14-15/h3-6H,13H2,1-2H3. The predicted octanol–water partition coefficient (Wildman–Crippen LogP) is 2.83. The van der Waals surface area contributed by atoms with Crippen molar-refractivity contribution in [2.24, 2.45) is 0 Å². The van der Waals surface area contributed by atoms with Crippen molar-refractivity contribution in [1.29, 1.82) is 0 Å². The molecule has 0 saturated carbocycles. The van der Waals surface area contributed by atoms with Gasteiger partial charge in [-0.3, -0.25) is 0 Å². The molecule has 0 saturated heterocycles. The van der Waals surface area contributed by atoms with E-state index in [1.807, 2.05) is 6.92 Å². The summed E-state index contributed by atoms with van der Waals surface area (Å²) in [5, 5.41) is 4.23. The molecule has 0 radical (unpaired) electrons. The van der Waals surface area contributed by atoms with Gasteiger partial charge < -0.3 is 5.73 Å². The van der Waals surface area contributed by atoms with E-state index in [1.54, 1.807) is 10.9 Å². The van der Waals surface area contributed by atoms with Crippen molar-refractivity contribution < 1.29 is 0 Å². The summed E-state index contributed by atoms with van der Waals surface area (Å²) < 4.78 is 2.57. The van der Waals surface area contributed by atoms with E-state index in [9.17, 15) is 0 Å². The summed E-state index contributed by atoms with van der Waals surface area (Å²) in [5.74, 6) is 0.628. The second-order valence-electron chi connectivity index (χ2n) is 3.58. The smallest absolute Gasteiger partial charge is 0.141 e. The molecular weight excluding hydrogens is 254 g/mol. The van der Waals surface area contributed by atoms with Crippen LogP contribution in [-0.2, 0) is 0 Å². The number of nitrogen functional groups attached to an aromatic ring is 1. The van der Waals surface area contributed by atoms with Crippen molar-refractivity contribution in [1.82, 2.24) is 9.78 Å². The zero-order valence-corrected chi connectivity index (χ0v) is 10.2. The topological polar surface area (TPSA) is 43.8 Å². The van der Waals surface area contributed by atoms with Crippen molar-refractivity contribution in [3.8, 4) is 5.69 Å². The zero-order chi connectivity index (χ0) is 11.0. The van der Waals surface area contributed by atoms with E-state index in [0.29, 0.717) is 5.82 Å². The minimum atomic E-state index is 0.628. The van der Waals surface area contributed by atoms with Gasteiger partial charge in [-0.25, -0.2) is 4.68 Å². The Morgan fingerprint density at radius 1 is 1.33 bits per heavy atom. The number of nitrogens with two attached hydrogens (primary N) is 1. The average Bonchev–Trinajstić information content (AvgIpc) is 2.52. The first-order chi connectivity index (χ1) is 7.09. The van der Waals surface area contributed by atoms with Crippen LogP contribution in [0.1, 0.15) is 11.1 Å². The maximum absolute atomic E-state index is 5.91. The monoisotopic (exact) mass is 265 g/mol. The molecule has 4 heteroatoms. The van der Waals surface area contributed by atoms with Crippen molar-refractivity contribution in [2.45, 2.75) is 13.8 Å². The molecule has 2 rings (SSSR count). The van der Waals surface area contributed by atoms with E-state index in [0.717, 1.165) is 15.7 Å². The lowest BCUT2D eigenvalue weighted by Gasteiger charge is -2.08. The summed E-state index contributed by atoms with van der Waals surface area (Å²) in [4.78, 5) is 0. The Morgan fingerprint density at radius 2 is 2.07 bits per heavy atom. The highest BCUT2D eigenvalue weighted by Gasteiger charge is 2.08. The van der Waals surface area contributed by atoms with Crippen LogP contribution in [0.2, 0.25) is 0 Å². The lowest BCUT2D eigenvalue weighted by atomic mass is 10.1. The van der Waals surface area contributed by atoms with Gasteiger partial charge in [0.05, 0.1) is 16.4 Å². The summed E-state index contributed by atoms with van der Waals surface area (Å²) in [5.41, 5.74) is 9.28. The second-order valence-corrected chi connectivity index (χ2v) is 4.43. The summed E-state index contributed by atoms with van der Waals surface area (Å²) in [6.45, 7) is 4.10. The van der Waals surface area contributed by atoms with Crippen LogP contribution in [0.3, 0.4) is 0 Å². The number of rotatable bonds is 1. The Hall–Kier alpha value is -1.29. The highest BCUT2D eigenvalue weighted by atomic mass is 79.9. The number of halogens is 1. The van der Waals surface area contributed by atoms with Gasteiger partial charge in [0.1, 0.15) is 5.82 Å². The molecule has 0 aliphatic heterocycles. The maximum Gasteiger partial charge on any atom is 0.141 e. The van der Waals surface area contributed by atoms with Crippen LogP contribution in [0.5, 0.6) is 0 Å². The molecule has 1 heterocycles. The molecule has 0 aliphatic carbocycles. The van der Waals surface area contributed by atoms with Crippen molar-refractivity contribution in [3.05, 3.63) is 40.0 Å². The maximum atomic E-state index is 5.91. The molecule has 2 aromatic rings. The minimum Gasteiger partial charge on any atom is -0.383 e. The minimum absolute atomic E-state index is 0.628. The number of hydrogen-bond donors (Lipinski definition) is 1. The lowest BCUT2D eigenvalue weighted by molar-refractivity contribution is 0.881. The fraction of sp³-hybridized carbons (Fsp3) is 0.182. The average molecular weight is 266 g/mol. The largest absolute Gasteiger partial charge is 0.383 e. The fourth-order valence-electron chi connectivity index (χ4n) is 1.48. The molecular formula is C11H12BrN3. The van der Waals surface area contributed by atoms with Crippen LogP contribution in [0.25, 0.3) is 5.69 Å². The summed E-state index contributed by atoms with van der Waals surface area (Å²) >= 11 is 3.35. The van der Waals surface area contributed by atoms with Gasteiger partial charge in [-0.05, 0) is 47.0 Å². The Balaban J connectivity index is 2.63. The number of benzene rings is 1. The van der Waals surface area contributed by atoms with Crippen LogP contribution in [-0.4, -0.2) is 9.78 Å². The Bertz CT molecular complexity index is 503. The van der Waals surface area contributed by atoms with Gasteiger partial charge in [0, 0.05) is 0 Å². The molecule has 0 bridgehead atoms. The first-order valence-electron chi connectivity index (χ1n) is 4.66. The highest BCUT2D eigenvalue weighted by molar-refractivity contribution is 9.10. The van der Waals surface area contributed by atoms with E-state index in [1.165, 1.54) is 5.56 Å². The molecule has 0 amide bonds. The molecule has 1 aromatic carbocycles. The lowest BCUT2D eigenvalue weighted by Crippen LogP contribution is -2.04. The van der Waals surface area contributed by atoms with Gasteiger partial charge in [0.15, 0.2) is 0 Å². The third-order valence-electron chi connectivity index (χ3n) is 2.35. The molecule has 2 N–H and O–H groups in total. The number of anilines is 1. The van der Waals surface area contributed by atoms with Crippen molar-refractivity contribution in [3.63, 3.8) is 0 Å². The van der Waals surface area contributed by atoms with E-state index >= 15 is 0 Å². The van der Waals surface area contributed by atoms with E-state index in [4.69, 9.17) is 5.73 Å². The van der Waals surface area contributed by atoms with Gasteiger partial charge in [-0.1, -0.05) is 12.1 Å². The molecule has 0 atom stereocenters. The summed E-state index contributed by atoms with van der Waals surface area (Å²) in [6.07, 6.45) is 1.71. The molecule has 1 aromatic heterocycles. The molecule has 78 valence electrons. The Morgan fingerprint density at radius 3 is 2.67 bits per heavy atom. The Labute approximate surface area is 97.0 Å². The number of aromatic nitrogens is 2. The normalized spacial score (nSPS) is 10.6. The second kappa shape index (κ2) is 3.70. The van der Waals surface area contributed by atoms with E-state index in [-0.39, 0.29) is 0 Å². The Kier molecular flexibility index (Phi) is 2.52. The van der Waals surface area contributed by atoms with Crippen molar-refractivity contribution in [2.75, 3.05) is 5.73 Å². The number of hydrogen-bond acceptors (Lipinski definition) is 2. The van der Waals surface area contributed by atoms with E-state index in [2.05, 4.69) is 46.2 Å². The van der Waals surface area contributed by atoms with Gasteiger partial charge >= 0.3 is 0 Å². The third kappa shape index (κ3) is 1.77. The number of nitrogens with zero attached hydrogens (tertiary/aromatic N) is 2. The first-order valence-corrected chi connectivity index (χ1v) is 5.45. The predicted molar refractivity (Wildman–Crippen MR) is 65.2 cm³/mol. The first kappa shape index (κ1) is 10.2. The molecule has 0 aliphatic rings. The molecule has 0 spiro atoms. The fourth-order valence-corrected chi connectivity index (χ4v) is 1.74. The van der Waals surface area contributed by atoms with Gasteiger partial charge in [-0.15, -0.1) is 0 Å². The van der Waals surface area contributed by atoms with Gasteiger partial charge in [0.2, 0.25) is 0 Å². The van der Waals surface area contributed by atoms with Crippen LogP contribution in [0.4, 0.5) is 5.82 Å². The highest BCUT2D eigenvalue weighted by Crippen LogP contribution is 2.24. The number of aryl methyl sites for hydroxylation is 2. The quantitative estimate of drug-likeness (QED) is 0.862.